The van der Waals surface area contributed by atoms with Crippen LogP contribution in [0.25, 0.3) is 0 Å². The summed E-state index contributed by atoms with van der Waals surface area (Å²) in [6, 6.07) is 1.76. The molecular weight excluding hydrogens is 542 g/mol. The van der Waals surface area contributed by atoms with Gasteiger partial charge in [0.25, 0.3) is 5.84 Å². The third-order valence-corrected chi connectivity index (χ3v) is 8.71. The van der Waals surface area contributed by atoms with Gasteiger partial charge in [-0.05, 0) is 44.0 Å². The van der Waals surface area contributed by atoms with Crippen LogP contribution in [0.4, 0.5) is 26.3 Å². The molecule has 2 heterocycles. The minimum Gasteiger partial charge on any atom is -0.350 e. The number of rotatable bonds is 15. The van der Waals surface area contributed by atoms with Crippen LogP contribution in [0.15, 0.2) is 29.3 Å². The number of halogens is 6. The Morgan fingerprint density at radius 2 is 1.27 bits per heavy atom. The second-order valence-corrected chi connectivity index (χ2v) is 11.9. The molecule has 0 aromatic heterocycles. The molecule has 2 aliphatic heterocycles. The van der Waals surface area contributed by atoms with Crippen LogP contribution in [0.2, 0.25) is 0 Å². The van der Waals surface area contributed by atoms with Gasteiger partial charge in [0.2, 0.25) is 5.72 Å². The lowest BCUT2D eigenvalue weighted by Gasteiger charge is -2.34. The quantitative estimate of drug-likeness (QED) is 0.125. The van der Waals surface area contributed by atoms with Crippen LogP contribution in [0.1, 0.15) is 127 Å². The van der Waals surface area contributed by atoms with Crippen molar-refractivity contribution in [2.45, 2.75) is 135 Å². The van der Waals surface area contributed by atoms with Crippen LogP contribution in [-0.4, -0.2) is 39.2 Å². The molecule has 1 unspecified atom stereocenters. The van der Waals surface area contributed by atoms with Crippen molar-refractivity contribution in [1.82, 2.24) is 4.90 Å². The molecule has 0 saturated heterocycles. The fourth-order valence-corrected chi connectivity index (χ4v) is 6.29. The minimum atomic E-state index is -4.88. The van der Waals surface area contributed by atoms with Crippen molar-refractivity contribution < 1.29 is 36.0 Å². The molecule has 0 spiro atoms. The predicted octanol–water partition coefficient (Wildman–Crippen LogP) is 9.47. The van der Waals surface area contributed by atoms with Crippen LogP contribution in [0.3, 0.4) is 0 Å². The van der Waals surface area contributed by atoms with Crippen molar-refractivity contribution >= 4 is 5.84 Å². The first-order chi connectivity index (χ1) is 19.3. The maximum absolute atomic E-state index is 13.4. The zero-order valence-corrected chi connectivity index (χ0v) is 24.9. The Hall–Kier alpha value is -2.03. The Labute approximate surface area is 241 Å². The summed E-state index contributed by atoms with van der Waals surface area (Å²) in [5.41, 5.74) is -2.19. The average Bonchev–Trinajstić information content (AvgIpc) is 3.10. The van der Waals surface area contributed by atoms with Gasteiger partial charge in [0, 0.05) is 24.0 Å². The first-order valence-electron chi connectivity index (χ1n) is 15.4. The highest BCUT2D eigenvalue weighted by atomic mass is 19.4. The lowest BCUT2D eigenvalue weighted by molar-refractivity contribution is -0.554. The largest absolute Gasteiger partial charge is 0.416 e. The Morgan fingerprint density at radius 1 is 0.780 bits per heavy atom. The summed E-state index contributed by atoms with van der Waals surface area (Å²) in [5.74, 6) is 0.709. The van der Waals surface area contributed by atoms with Gasteiger partial charge in [-0.2, -0.15) is 26.3 Å². The van der Waals surface area contributed by atoms with Gasteiger partial charge >= 0.3 is 12.4 Å². The monoisotopic (exact) mass is 589 g/mol. The lowest BCUT2D eigenvalue weighted by Crippen LogP contribution is -2.53. The van der Waals surface area contributed by atoms with E-state index in [0.717, 1.165) is 42.5 Å². The van der Waals surface area contributed by atoms with Gasteiger partial charge in [-0.15, -0.1) is 0 Å². The molecule has 3 nitrogen and oxygen atoms in total. The number of hydrogen-bond donors (Lipinski definition) is 1. The molecule has 1 aromatic rings. The Balaban J connectivity index is 1.63. The van der Waals surface area contributed by atoms with Crippen molar-refractivity contribution in [2.24, 2.45) is 0 Å². The lowest BCUT2D eigenvalue weighted by atomic mass is 9.96. The maximum atomic E-state index is 13.4. The first kappa shape index (κ1) is 33.5. The molecule has 0 bridgehead atoms. The van der Waals surface area contributed by atoms with Crippen molar-refractivity contribution in [1.29, 1.82) is 0 Å². The van der Waals surface area contributed by atoms with Crippen molar-refractivity contribution in [3.63, 3.8) is 0 Å². The average molecular weight is 590 g/mol. The highest BCUT2D eigenvalue weighted by Crippen LogP contribution is 2.40. The Bertz CT molecular complexity index is 1040. The third-order valence-electron chi connectivity index (χ3n) is 8.71. The van der Waals surface area contributed by atoms with E-state index in [1.165, 1.54) is 57.8 Å². The van der Waals surface area contributed by atoms with Crippen molar-refractivity contribution in [2.75, 3.05) is 13.1 Å². The number of aliphatic hydroxyl groups is 1. The number of nitrogens with zero attached hydrogens (tertiary/aromatic N) is 2. The van der Waals surface area contributed by atoms with E-state index in [1.54, 1.807) is 0 Å². The number of fused-ring (bicyclic) bond motifs is 1. The summed E-state index contributed by atoms with van der Waals surface area (Å²) < 4.78 is 82.3. The molecule has 0 aliphatic carbocycles. The number of unbranched alkanes of at least 4 members (excludes halogenated alkanes) is 11. The van der Waals surface area contributed by atoms with E-state index in [1.807, 2.05) is 23.3 Å². The SMILES string of the molecule is CCCCCCCCCCCCCCC1(O)C(C)=C(C)C2=[N+](Cc3cc(C(F)(F)F)cc(C(F)(F)F)c3)CCCN21. The molecule has 3 rings (SSSR count). The molecule has 0 radical (unpaired) electrons. The van der Waals surface area contributed by atoms with Gasteiger partial charge in [-0.3, -0.25) is 4.58 Å². The van der Waals surface area contributed by atoms with E-state index in [2.05, 4.69) is 6.92 Å². The van der Waals surface area contributed by atoms with Gasteiger partial charge in [-0.1, -0.05) is 77.6 Å². The summed E-state index contributed by atoms with van der Waals surface area (Å²) >= 11 is 0. The van der Waals surface area contributed by atoms with Crippen LogP contribution in [0.5, 0.6) is 0 Å². The topological polar surface area (TPSA) is 26.5 Å². The van der Waals surface area contributed by atoms with Gasteiger partial charge < -0.3 is 5.11 Å². The molecule has 0 saturated carbocycles. The highest BCUT2D eigenvalue weighted by molar-refractivity contribution is 5.98. The Kier molecular flexibility index (Phi) is 11.8. The van der Waals surface area contributed by atoms with Gasteiger partial charge in [0.1, 0.15) is 6.54 Å². The number of benzene rings is 1. The third kappa shape index (κ3) is 8.74. The standard InChI is InChI=1S/C32H47F6N2O/c1-4-5-6-7-8-9-10-11-12-13-14-15-17-30(41)25(3)24(2)29-39(18-16-19-40(29)30)23-26-20-27(31(33,34)35)22-28(21-26)32(36,37)38/h20-22,41H,4-19,23H2,1-3H3/q+1. The maximum Gasteiger partial charge on any atom is 0.416 e. The van der Waals surface area contributed by atoms with Gasteiger partial charge in [0.15, 0.2) is 0 Å². The molecular formula is C32H47F6N2O+. The van der Waals surface area contributed by atoms with Crippen LogP contribution in [-0.2, 0) is 18.9 Å². The number of alkyl halides is 6. The predicted molar refractivity (Wildman–Crippen MR) is 151 cm³/mol. The zero-order chi connectivity index (χ0) is 30.3. The van der Waals surface area contributed by atoms with Crippen molar-refractivity contribution in [3.8, 4) is 0 Å². The summed E-state index contributed by atoms with van der Waals surface area (Å²) in [6.45, 7) is 6.97. The second-order valence-electron chi connectivity index (χ2n) is 11.9. The molecule has 0 amide bonds. The van der Waals surface area contributed by atoms with Crippen LogP contribution in [0, 0.1) is 0 Å². The fourth-order valence-electron chi connectivity index (χ4n) is 6.29. The summed E-state index contributed by atoms with van der Waals surface area (Å²) in [7, 11) is 0. The first-order valence-corrected chi connectivity index (χ1v) is 15.4. The van der Waals surface area contributed by atoms with E-state index in [-0.39, 0.29) is 18.2 Å². The zero-order valence-electron chi connectivity index (χ0n) is 24.9. The van der Waals surface area contributed by atoms with Crippen LogP contribution >= 0.6 is 0 Å². The number of hydrogen-bond acceptors (Lipinski definition) is 2. The molecule has 0 fully saturated rings. The van der Waals surface area contributed by atoms with E-state index in [4.69, 9.17) is 0 Å². The molecule has 1 atom stereocenters. The molecule has 1 aromatic carbocycles. The summed E-state index contributed by atoms with van der Waals surface area (Å²) in [6.07, 6.45) is 6.00. The smallest absolute Gasteiger partial charge is 0.350 e. The van der Waals surface area contributed by atoms with E-state index in [0.29, 0.717) is 31.8 Å². The normalized spacial score (nSPS) is 19.9. The fraction of sp³-hybridized carbons (Fsp3) is 0.719. The van der Waals surface area contributed by atoms with Gasteiger partial charge in [-0.25, -0.2) is 4.90 Å². The van der Waals surface area contributed by atoms with Gasteiger partial charge in [0.05, 0.1) is 24.2 Å². The molecule has 232 valence electrons. The van der Waals surface area contributed by atoms with Crippen LogP contribution < -0.4 is 0 Å². The summed E-state index contributed by atoms with van der Waals surface area (Å²) in [5, 5.41) is 11.8. The van der Waals surface area contributed by atoms with E-state index < -0.39 is 29.2 Å². The van der Waals surface area contributed by atoms with E-state index in [9.17, 15) is 31.4 Å². The molecule has 41 heavy (non-hydrogen) atoms. The second kappa shape index (κ2) is 14.4. The molecule has 9 heteroatoms. The summed E-state index contributed by atoms with van der Waals surface area (Å²) in [4.78, 5) is 1.91. The molecule has 1 N–H and O–H groups in total. The van der Waals surface area contributed by atoms with E-state index >= 15 is 0 Å². The minimum absolute atomic E-state index is 0.0525. The molecule has 2 aliphatic rings. The highest BCUT2D eigenvalue weighted by Gasteiger charge is 2.53. The Morgan fingerprint density at radius 3 is 1.76 bits per heavy atom. The number of amidine groups is 1. The van der Waals surface area contributed by atoms with Crippen molar-refractivity contribution in [3.05, 3.63) is 46.0 Å².